The van der Waals surface area contributed by atoms with Crippen molar-refractivity contribution < 1.29 is 9.53 Å². The van der Waals surface area contributed by atoms with Gasteiger partial charge >= 0.3 is 0 Å². The highest BCUT2D eigenvalue weighted by Crippen LogP contribution is 2.42. The van der Waals surface area contributed by atoms with E-state index in [0.717, 1.165) is 79.6 Å². The molecule has 3 aromatic rings. The second-order valence-corrected chi connectivity index (χ2v) is 14.2. The smallest absolute Gasteiger partial charge is 0.120 e. The predicted octanol–water partition coefficient (Wildman–Crippen LogP) is 8.48. The van der Waals surface area contributed by atoms with E-state index in [1.165, 1.54) is 22.2 Å². The van der Waals surface area contributed by atoms with Crippen LogP contribution in [-0.4, -0.2) is 39.6 Å². The van der Waals surface area contributed by atoms with Gasteiger partial charge in [0.15, 0.2) is 0 Å². The van der Waals surface area contributed by atoms with E-state index in [1.54, 1.807) is 7.11 Å². The number of benzene rings is 1. The van der Waals surface area contributed by atoms with E-state index >= 15 is 0 Å². The van der Waals surface area contributed by atoms with Gasteiger partial charge in [0.25, 0.3) is 0 Å². The Bertz CT molecular complexity index is 1540. The number of carbonyl (C=O) groups excluding carboxylic acids is 1. The van der Waals surface area contributed by atoms with Crippen LogP contribution in [0.25, 0.3) is 27.9 Å². The van der Waals surface area contributed by atoms with Crippen LogP contribution in [0.15, 0.2) is 47.6 Å². The van der Waals surface area contributed by atoms with Gasteiger partial charge in [-0.3, -0.25) is 15.4 Å². The van der Waals surface area contributed by atoms with Crippen molar-refractivity contribution >= 4 is 41.2 Å². The van der Waals surface area contributed by atoms with Crippen LogP contribution in [0.2, 0.25) is 0 Å². The maximum Gasteiger partial charge on any atom is 0.120 e. The summed E-state index contributed by atoms with van der Waals surface area (Å²) < 4.78 is 8.18. The Kier molecular flexibility index (Phi) is 11.9. The first-order valence-electron chi connectivity index (χ1n) is 16.4. The standard InChI is InChI=1S/C37H53N5O2S/c1-9-31(39-25(3)23-37(7)19-11-15-33(45)40-41-37)27-16-17-32-29(22-27)30(24-36(5,6)18-13-21-43)35(42(32)10-2)28-14-12-20-38-34(28)26(4)44-8/h9,12,14,16-17,20-22,26,33,40-41,45H,10-11,13,15,18-19,23-24H2,1-8H3/b31-9-,39-25?. The van der Waals surface area contributed by atoms with E-state index in [4.69, 9.17) is 14.7 Å². The Hall–Kier alpha value is -2.78. The van der Waals surface area contributed by atoms with Crippen LogP contribution in [0, 0.1) is 5.41 Å². The Morgan fingerprint density at radius 3 is 2.80 bits per heavy atom. The lowest BCUT2D eigenvalue weighted by molar-refractivity contribution is -0.108. The molecule has 2 N–H and O–H groups in total. The zero-order valence-corrected chi connectivity index (χ0v) is 29.4. The second-order valence-electron chi connectivity index (χ2n) is 13.6. The molecule has 1 aliphatic heterocycles. The third-order valence-electron chi connectivity index (χ3n) is 9.18. The number of nitrogens with one attached hydrogen (secondary N) is 2. The average molecular weight is 632 g/mol. The summed E-state index contributed by atoms with van der Waals surface area (Å²) in [5.41, 5.74) is 15.5. The SMILES string of the molecule is C/C=C(\N=C(C)CC1(C)CCCC(S)NN1)c1ccc2c(c1)c(CC(C)(C)CCC=O)c(-c1cccnc1C(C)OC)n2CC. The molecule has 3 unspecified atom stereocenters. The molecule has 1 fully saturated rings. The molecule has 1 saturated heterocycles. The molecule has 0 radical (unpaired) electrons. The first-order valence-corrected chi connectivity index (χ1v) is 17.0. The van der Waals surface area contributed by atoms with E-state index < -0.39 is 0 Å². The lowest BCUT2D eigenvalue weighted by Crippen LogP contribution is -2.51. The normalized spacial score (nSPS) is 20.8. The van der Waals surface area contributed by atoms with Crippen LogP contribution >= 0.6 is 12.6 Å². The quantitative estimate of drug-likeness (QED) is 0.100. The first-order chi connectivity index (χ1) is 21.5. The van der Waals surface area contributed by atoms with Crippen LogP contribution in [0.5, 0.6) is 0 Å². The van der Waals surface area contributed by atoms with Gasteiger partial charge in [0.1, 0.15) is 6.29 Å². The summed E-state index contributed by atoms with van der Waals surface area (Å²) in [4.78, 5) is 21.3. The molecule has 45 heavy (non-hydrogen) atoms. The van der Waals surface area contributed by atoms with Gasteiger partial charge in [0, 0.05) is 66.0 Å². The van der Waals surface area contributed by atoms with E-state index in [2.05, 4.69) is 99.9 Å². The van der Waals surface area contributed by atoms with Crippen LogP contribution < -0.4 is 10.9 Å². The summed E-state index contributed by atoms with van der Waals surface area (Å²) in [6.45, 7) is 16.0. The maximum atomic E-state index is 11.4. The molecule has 0 bridgehead atoms. The van der Waals surface area contributed by atoms with Crippen LogP contribution in [0.1, 0.15) is 110 Å². The maximum absolute atomic E-state index is 11.4. The zero-order valence-electron chi connectivity index (χ0n) is 28.5. The number of pyridine rings is 1. The topological polar surface area (TPSA) is 80.5 Å². The number of aliphatic imine (C=N–C) groups is 1. The lowest BCUT2D eigenvalue weighted by Gasteiger charge is -2.29. The lowest BCUT2D eigenvalue weighted by atomic mass is 9.80. The van der Waals surface area contributed by atoms with Crippen molar-refractivity contribution in [3.8, 4) is 11.3 Å². The number of hydrogen-bond acceptors (Lipinski definition) is 7. The summed E-state index contributed by atoms with van der Waals surface area (Å²) in [5, 5.41) is 1.39. The molecule has 8 heteroatoms. The van der Waals surface area contributed by atoms with E-state index in [9.17, 15) is 4.79 Å². The number of aryl methyl sites for hydroxylation is 1. The highest BCUT2D eigenvalue weighted by atomic mass is 32.1. The number of carbonyl (C=O) groups is 1. The highest BCUT2D eigenvalue weighted by Gasteiger charge is 2.29. The first kappa shape index (κ1) is 35.1. The highest BCUT2D eigenvalue weighted by molar-refractivity contribution is 7.80. The fraction of sp³-hybridized carbons (Fsp3) is 0.541. The number of aldehydes is 1. The minimum Gasteiger partial charge on any atom is -0.375 e. The number of methoxy groups -OCH3 is 1. The van der Waals surface area contributed by atoms with E-state index in [0.29, 0.717) is 6.42 Å². The van der Waals surface area contributed by atoms with Gasteiger partial charge in [-0.1, -0.05) is 26.0 Å². The summed E-state index contributed by atoms with van der Waals surface area (Å²) >= 11 is 4.62. The van der Waals surface area contributed by atoms with Gasteiger partial charge < -0.3 is 14.1 Å². The van der Waals surface area contributed by atoms with Crippen molar-refractivity contribution in [3.05, 3.63) is 59.4 Å². The van der Waals surface area contributed by atoms with Crippen LogP contribution in [0.4, 0.5) is 0 Å². The molecule has 1 aromatic carbocycles. The fourth-order valence-corrected chi connectivity index (χ4v) is 7.03. The molecule has 2 aromatic heterocycles. The zero-order chi connectivity index (χ0) is 32.8. The fourth-order valence-electron chi connectivity index (χ4n) is 6.78. The number of aromatic nitrogens is 2. The number of ether oxygens (including phenoxy) is 1. The number of nitrogens with zero attached hydrogens (tertiary/aromatic N) is 3. The van der Waals surface area contributed by atoms with Crippen molar-refractivity contribution in [1.82, 2.24) is 20.4 Å². The largest absolute Gasteiger partial charge is 0.375 e. The van der Waals surface area contributed by atoms with Gasteiger partial charge in [-0.25, -0.2) is 5.43 Å². The summed E-state index contributed by atoms with van der Waals surface area (Å²) in [5.74, 6) is 0. The molecular weight excluding hydrogens is 579 g/mol. The number of rotatable bonds is 13. The molecule has 3 atom stereocenters. The summed E-state index contributed by atoms with van der Waals surface area (Å²) in [7, 11) is 1.73. The van der Waals surface area contributed by atoms with Crippen molar-refractivity contribution in [2.75, 3.05) is 7.11 Å². The Morgan fingerprint density at radius 1 is 1.33 bits per heavy atom. The van der Waals surface area contributed by atoms with E-state index in [1.807, 2.05) is 19.2 Å². The Morgan fingerprint density at radius 2 is 2.11 bits per heavy atom. The van der Waals surface area contributed by atoms with Crippen molar-refractivity contribution in [2.24, 2.45) is 10.4 Å². The van der Waals surface area contributed by atoms with Crippen molar-refractivity contribution in [1.29, 1.82) is 0 Å². The van der Waals surface area contributed by atoms with Crippen LogP contribution in [0.3, 0.4) is 0 Å². The molecule has 1 aliphatic rings. The molecule has 0 spiro atoms. The number of hydrogen-bond donors (Lipinski definition) is 3. The third kappa shape index (κ3) is 8.33. The third-order valence-corrected chi connectivity index (χ3v) is 9.57. The molecule has 0 saturated carbocycles. The van der Waals surface area contributed by atoms with Gasteiger partial charge in [0.05, 0.1) is 28.6 Å². The van der Waals surface area contributed by atoms with Gasteiger partial charge in [-0.05, 0) is 102 Å². The average Bonchev–Trinajstić information content (AvgIpc) is 3.21. The molecule has 4 rings (SSSR count). The molecular formula is C37H53N5O2S. The summed E-state index contributed by atoms with van der Waals surface area (Å²) in [6, 6.07) is 10.9. The van der Waals surface area contributed by atoms with Crippen molar-refractivity contribution in [3.63, 3.8) is 0 Å². The van der Waals surface area contributed by atoms with Gasteiger partial charge in [-0.15, -0.1) is 0 Å². The molecule has 244 valence electrons. The molecule has 0 amide bonds. The molecule has 0 aliphatic carbocycles. The minimum absolute atomic E-state index is 0.0762. The van der Waals surface area contributed by atoms with E-state index in [-0.39, 0.29) is 22.4 Å². The molecule has 3 heterocycles. The second kappa shape index (κ2) is 15.2. The van der Waals surface area contributed by atoms with Crippen molar-refractivity contribution in [2.45, 2.75) is 117 Å². The van der Waals surface area contributed by atoms with Gasteiger partial charge in [-0.2, -0.15) is 12.6 Å². The number of allylic oxidation sites excluding steroid dienone is 1. The Balaban J connectivity index is 1.85. The summed E-state index contributed by atoms with van der Waals surface area (Å²) in [6.07, 6.45) is 11.1. The molecule has 7 nitrogen and oxygen atoms in total. The number of thiol groups is 1. The minimum atomic E-state index is -0.151. The van der Waals surface area contributed by atoms with Gasteiger partial charge in [0.2, 0.25) is 0 Å². The Labute approximate surface area is 275 Å². The monoisotopic (exact) mass is 631 g/mol. The number of hydrazine groups is 1. The number of fused-ring (bicyclic) bond motifs is 1. The predicted molar refractivity (Wildman–Crippen MR) is 192 cm³/mol. The van der Waals surface area contributed by atoms with Crippen LogP contribution in [-0.2, 0) is 22.5 Å².